The summed E-state index contributed by atoms with van der Waals surface area (Å²) in [5.41, 5.74) is 1.91. The summed E-state index contributed by atoms with van der Waals surface area (Å²) < 4.78 is 0. The number of carbonyl (C=O) groups excluding carboxylic acids is 1. The van der Waals surface area contributed by atoms with Crippen molar-refractivity contribution < 1.29 is 4.79 Å². The first-order chi connectivity index (χ1) is 11.2. The Kier molecular flexibility index (Phi) is 3.97. The van der Waals surface area contributed by atoms with Crippen molar-refractivity contribution >= 4 is 34.6 Å². The molecule has 122 valence electrons. The summed E-state index contributed by atoms with van der Waals surface area (Å²) in [6, 6.07) is 8.51. The topological polar surface area (TPSA) is 44.4 Å². The number of anilines is 2. The fraction of sp³-hybridized carbons (Fsp3) is 0.556. The molecule has 1 heterocycles. The van der Waals surface area contributed by atoms with Crippen molar-refractivity contribution in [2.24, 2.45) is 11.8 Å². The molecule has 0 aromatic heterocycles. The highest BCUT2D eigenvalue weighted by Crippen LogP contribution is 2.44. The monoisotopic (exact) mass is 329 g/mol. The van der Waals surface area contributed by atoms with E-state index in [1.165, 1.54) is 25.7 Å². The van der Waals surface area contributed by atoms with E-state index in [0.717, 1.165) is 36.2 Å². The molecule has 4 nitrogen and oxygen atoms in total. The standard InChI is InChI=1S/C18H23N3OS/c22-17-5-2-8-21(17)15-4-1-3-14(11-15)19-18(23)20-16-10-12-6-7-13(16)9-12/h1,3-4,11-13,16H,2,5-10H2,(H2,19,20,23)/t12-,13-,16-/m0/s1. The van der Waals surface area contributed by atoms with Gasteiger partial charge in [0.05, 0.1) is 0 Å². The van der Waals surface area contributed by atoms with Crippen LogP contribution in [0.1, 0.15) is 38.5 Å². The molecule has 3 aliphatic rings. The first-order valence-corrected chi connectivity index (χ1v) is 9.08. The van der Waals surface area contributed by atoms with Crippen molar-refractivity contribution in [1.82, 2.24) is 5.32 Å². The second-order valence-corrected chi connectivity index (χ2v) is 7.49. The highest BCUT2D eigenvalue weighted by atomic mass is 32.1. The van der Waals surface area contributed by atoms with Crippen molar-refractivity contribution in [2.75, 3.05) is 16.8 Å². The van der Waals surface area contributed by atoms with Crippen molar-refractivity contribution in [1.29, 1.82) is 0 Å². The van der Waals surface area contributed by atoms with Gasteiger partial charge < -0.3 is 15.5 Å². The quantitative estimate of drug-likeness (QED) is 0.835. The van der Waals surface area contributed by atoms with Gasteiger partial charge in [-0.1, -0.05) is 12.5 Å². The minimum atomic E-state index is 0.213. The van der Waals surface area contributed by atoms with Gasteiger partial charge in [0, 0.05) is 30.4 Å². The summed E-state index contributed by atoms with van der Waals surface area (Å²) >= 11 is 5.49. The van der Waals surface area contributed by atoms with Crippen molar-refractivity contribution in [3.63, 3.8) is 0 Å². The lowest BCUT2D eigenvalue weighted by molar-refractivity contribution is -0.117. The number of carbonyl (C=O) groups is 1. The molecule has 2 N–H and O–H groups in total. The van der Waals surface area contributed by atoms with E-state index in [1.807, 2.05) is 29.2 Å². The molecular formula is C18H23N3OS. The van der Waals surface area contributed by atoms with Crippen molar-refractivity contribution in [3.05, 3.63) is 24.3 Å². The van der Waals surface area contributed by atoms with Gasteiger partial charge in [0.2, 0.25) is 5.91 Å². The second kappa shape index (κ2) is 6.11. The van der Waals surface area contributed by atoms with Gasteiger partial charge in [-0.05, 0) is 67.9 Å². The summed E-state index contributed by atoms with van der Waals surface area (Å²) in [6.45, 7) is 0.816. The molecule has 3 fully saturated rings. The summed E-state index contributed by atoms with van der Waals surface area (Å²) in [5.74, 6) is 1.92. The Hall–Kier alpha value is -1.62. The maximum Gasteiger partial charge on any atom is 0.227 e. The Morgan fingerprint density at radius 1 is 1.26 bits per heavy atom. The molecule has 5 heteroatoms. The minimum absolute atomic E-state index is 0.213. The summed E-state index contributed by atoms with van der Waals surface area (Å²) in [6.07, 6.45) is 6.97. The zero-order valence-corrected chi connectivity index (χ0v) is 14.1. The maximum atomic E-state index is 11.9. The first-order valence-electron chi connectivity index (χ1n) is 8.67. The molecule has 23 heavy (non-hydrogen) atoms. The third-order valence-electron chi connectivity index (χ3n) is 5.54. The van der Waals surface area contributed by atoms with Crippen molar-refractivity contribution in [2.45, 2.75) is 44.6 Å². The molecule has 1 aliphatic heterocycles. The molecule has 1 aromatic rings. The number of fused-ring (bicyclic) bond motifs is 2. The molecule has 2 aliphatic carbocycles. The van der Waals surface area contributed by atoms with Gasteiger partial charge in [-0.3, -0.25) is 4.79 Å². The van der Waals surface area contributed by atoms with Gasteiger partial charge >= 0.3 is 0 Å². The highest BCUT2D eigenvalue weighted by Gasteiger charge is 2.39. The van der Waals surface area contributed by atoms with E-state index in [2.05, 4.69) is 10.6 Å². The summed E-state index contributed by atoms with van der Waals surface area (Å²) in [4.78, 5) is 13.7. The van der Waals surface area contributed by atoms with Crippen molar-refractivity contribution in [3.8, 4) is 0 Å². The fourth-order valence-electron chi connectivity index (χ4n) is 4.43. The third-order valence-corrected chi connectivity index (χ3v) is 5.76. The molecule has 4 rings (SSSR count). The van der Waals surface area contributed by atoms with Crippen LogP contribution in [0.3, 0.4) is 0 Å². The van der Waals surface area contributed by atoms with Crippen LogP contribution in [-0.4, -0.2) is 23.6 Å². The lowest BCUT2D eigenvalue weighted by Gasteiger charge is -2.25. The van der Waals surface area contributed by atoms with E-state index in [-0.39, 0.29) is 5.91 Å². The largest absolute Gasteiger partial charge is 0.359 e. The van der Waals surface area contributed by atoms with Crippen LogP contribution in [0.4, 0.5) is 11.4 Å². The molecule has 3 atom stereocenters. The van der Waals surface area contributed by atoms with Gasteiger partial charge in [-0.25, -0.2) is 0 Å². The van der Waals surface area contributed by atoms with E-state index in [1.54, 1.807) is 0 Å². The maximum absolute atomic E-state index is 11.9. The van der Waals surface area contributed by atoms with Crippen LogP contribution < -0.4 is 15.5 Å². The van der Waals surface area contributed by atoms with Gasteiger partial charge in [0.1, 0.15) is 0 Å². The minimum Gasteiger partial charge on any atom is -0.359 e. The summed E-state index contributed by atoms with van der Waals surface area (Å²) in [7, 11) is 0. The number of thiocarbonyl (C=S) groups is 1. The van der Waals surface area contributed by atoms with Crippen LogP contribution >= 0.6 is 12.2 Å². The van der Waals surface area contributed by atoms with Gasteiger partial charge in [0.15, 0.2) is 5.11 Å². The first kappa shape index (κ1) is 14.9. The molecule has 2 bridgehead atoms. The molecule has 0 radical (unpaired) electrons. The molecule has 0 spiro atoms. The fourth-order valence-corrected chi connectivity index (χ4v) is 4.70. The normalized spacial score (nSPS) is 29.1. The van der Waals surface area contributed by atoms with Crippen LogP contribution in [0, 0.1) is 11.8 Å². The average Bonchev–Trinajstić information content (AvgIpc) is 3.24. The van der Waals surface area contributed by atoms with E-state index in [0.29, 0.717) is 17.6 Å². The third kappa shape index (κ3) is 3.07. The number of rotatable bonds is 3. The summed E-state index contributed by atoms with van der Waals surface area (Å²) in [5, 5.41) is 7.49. The Bertz CT molecular complexity index is 632. The highest BCUT2D eigenvalue weighted by molar-refractivity contribution is 7.80. The number of hydrogen-bond acceptors (Lipinski definition) is 2. The number of nitrogens with one attached hydrogen (secondary N) is 2. The van der Waals surface area contributed by atoms with Crippen LogP contribution in [0.15, 0.2) is 24.3 Å². The van der Waals surface area contributed by atoms with E-state index >= 15 is 0 Å². The Morgan fingerprint density at radius 2 is 2.17 bits per heavy atom. The van der Waals surface area contributed by atoms with Gasteiger partial charge in [-0.15, -0.1) is 0 Å². The zero-order chi connectivity index (χ0) is 15.8. The van der Waals surface area contributed by atoms with Crippen LogP contribution in [0.25, 0.3) is 0 Å². The lowest BCUT2D eigenvalue weighted by atomic mass is 9.96. The smallest absolute Gasteiger partial charge is 0.227 e. The lowest BCUT2D eigenvalue weighted by Crippen LogP contribution is -2.40. The van der Waals surface area contributed by atoms with E-state index < -0.39 is 0 Å². The number of hydrogen-bond donors (Lipinski definition) is 2. The predicted molar refractivity (Wildman–Crippen MR) is 96.6 cm³/mol. The van der Waals surface area contributed by atoms with Crippen LogP contribution in [0.2, 0.25) is 0 Å². The van der Waals surface area contributed by atoms with Crippen LogP contribution in [-0.2, 0) is 4.79 Å². The van der Waals surface area contributed by atoms with E-state index in [4.69, 9.17) is 12.2 Å². The van der Waals surface area contributed by atoms with Crippen LogP contribution in [0.5, 0.6) is 0 Å². The number of amides is 1. The van der Waals surface area contributed by atoms with E-state index in [9.17, 15) is 4.79 Å². The molecule has 1 aromatic carbocycles. The predicted octanol–water partition coefficient (Wildman–Crippen LogP) is 3.29. The number of nitrogens with zero attached hydrogens (tertiary/aromatic N) is 1. The average molecular weight is 329 g/mol. The SMILES string of the molecule is O=C1CCCN1c1cccc(NC(=S)N[C@H]2C[C@H]3CC[C@H]2C3)c1. The molecule has 1 saturated heterocycles. The second-order valence-electron chi connectivity index (χ2n) is 7.08. The Morgan fingerprint density at radius 3 is 2.87 bits per heavy atom. The molecule has 2 saturated carbocycles. The molecular weight excluding hydrogens is 306 g/mol. The number of benzene rings is 1. The molecule has 0 unspecified atom stereocenters. The Labute approximate surface area is 142 Å². The molecule has 1 amide bonds. The van der Waals surface area contributed by atoms with Gasteiger partial charge in [0.25, 0.3) is 0 Å². The zero-order valence-electron chi connectivity index (χ0n) is 13.3. The Balaban J connectivity index is 1.38. The van der Waals surface area contributed by atoms with Gasteiger partial charge in [-0.2, -0.15) is 0 Å².